The largest absolute Gasteiger partial charge is 0.498 e. The Hall–Kier alpha value is -3.74. The minimum atomic E-state index is -0.521. The van der Waals surface area contributed by atoms with Crippen molar-refractivity contribution in [3.63, 3.8) is 0 Å². The molecule has 254 valence electrons. The van der Waals surface area contributed by atoms with Gasteiger partial charge >= 0.3 is 12.1 Å². The first-order valence-electron chi connectivity index (χ1n) is 15.5. The number of amides is 1. The predicted octanol–water partition coefficient (Wildman–Crippen LogP) is 7.10. The molecule has 1 aliphatic carbocycles. The van der Waals surface area contributed by atoms with E-state index in [1.165, 1.54) is 18.4 Å². The van der Waals surface area contributed by atoms with E-state index in [-0.39, 0.29) is 18.1 Å². The Morgan fingerprint density at radius 1 is 1.13 bits per heavy atom. The van der Waals surface area contributed by atoms with Crippen molar-refractivity contribution < 1.29 is 38.0 Å². The van der Waals surface area contributed by atoms with Crippen LogP contribution < -0.4 is 9.47 Å². The highest BCUT2D eigenvalue weighted by molar-refractivity contribution is 7.16. The molecule has 1 amide bonds. The average molecular weight is 688 g/mol. The summed E-state index contributed by atoms with van der Waals surface area (Å²) in [6, 6.07) is 7.37. The predicted molar refractivity (Wildman–Crippen MR) is 179 cm³/mol. The number of piperidine rings is 1. The van der Waals surface area contributed by atoms with Gasteiger partial charge in [0, 0.05) is 44.3 Å². The SMILES string of the molecule is COC(=O)c1sc(-n2cnc3c2C=C(OC)C(OC)C3)cc1OC(C)c1cccc(OCC2CCN(C(=O)OC(C)(C)C)CC2)c1Cl. The Kier molecular flexibility index (Phi) is 10.7. The molecule has 2 aromatic heterocycles. The van der Waals surface area contributed by atoms with Crippen LogP contribution in [0.3, 0.4) is 0 Å². The van der Waals surface area contributed by atoms with Crippen molar-refractivity contribution >= 4 is 41.1 Å². The number of thiophene rings is 1. The van der Waals surface area contributed by atoms with Gasteiger partial charge in [0.05, 0.1) is 37.2 Å². The maximum absolute atomic E-state index is 12.8. The second-order valence-electron chi connectivity index (χ2n) is 12.5. The number of halogens is 1. The lowest BCUT2D eigenvalue weighted by atomic mass is 9.98. The van der Waals surface area contributed by atoms with Crippen LogP contribution in [-0.4, -0.2) is 79.2 Å². The van der Waals surface area contributed by atoms with Crippen molar-refractivity contribution in [1.82, 2.24) is 14.5 Å². The summed E-state index contributed by atoms with van der Waals surface area (Å²) in [5, 5.41) is 1.17. The van der Waals surface area contributed by atoms with Crippen molar-refractivity contribution in [2.24, 2.45) is 5.92 Å². The smallest absolute Gasteiger partial charge is 0.410 e. The van der Waals surface area contributed by atoms with Crippen molar-refractivity contribution in [3.8, 4) is 16.5 Å². The summed E-state index contributed by atoms with van der Waals surface area (Å²) in [7, 11) is 4.59. The summed E-state index contributed by atoms with van der Waals surface area (Å²) < 4.78 is 36.2. The van der Waals surface area contributed by atoms with Gasteiger partial charge in [0.1, 0.15) is 46.4 Å². The molecule has 0 radical (unpaired) electrons. The van der Waals surface area contributed by atoms with Crippen LogP contribution in [0.25, 0.3) is 11.1 Å². The topological polar surface area (TPSA) is 111 Å². The first-order chi connectivity index (χ1) is 22.4. The first-order valence-corrected chi connectivity index (χ1v) is 16.7. The van der Waals surface area contributed by atoms with E-state index in [1.807, 2.05) is 56.5 Å². The number of methoxy groups -OCH3 is 3. The Morgan fingerprint density at radius 3 is 2.53 bits per heavy atom. The fraction of sp³-hybridized carbons (Fsp3) is 0.500. The zero-order valence-electron chi connectivity index (χ0n) is 27.8. The van der Waals surface area contributed by atoms with Crippen molar-refractivity contribution in [3.05, 3.63) is 63.2 Å². The third-order valence-electron chi connectivity index (χ3n) is 8.15. The molecule has 0 spiro atoms. The van der Waals surface area contributed by atoms with Crippen molar-refractivity contribution in [2.45, 2.75) is 64.8 Å². The zero-order valence-corrected chi connectivity index (χ0v) is 29.4. The second kappa shape index (κ2) is 14.6. The maximum atomic E-state index is 12.8. The standard InChI is InChI=1S/C34H42ClN3O8S/c1-20(22-9-8-10-25(30(22)35)44-18-21-11-13-37(14-12-21)33(40)46-34(2,3)4)45-28-17-29(47-31(28)32(39)43-7)38-19-36-23-15-26(41-5)27(42-6)16-24(23)38/h8-10,16-17,19-21,26H,11-15,18H2,1-7H3. The minimum Gasteiger partial charge on any atom is -0.498 e. The summed E-state index contributed by atoms with van der Waals surface area (Å²) >= 11 is 8.10. The van der Waals surface area contributed by atoms with Gasteiger partial charge in [-0.25, -0.2) is 14.6 Å². The van der Waals surface area contributed by atoms with Gasteiger partial charge in [-0.15, -0.1) is 11.3 Å². The summed E-state index contributed by atoms with van der Waals surface area (Å²) in [6.45, 7) is 9.18. The molecule has 0 N–H and O–H groups in total. The molecule has 13 heteroatoms. The van der Waals surface area contributed by atoms with Crippen LogP contribution >= 0.6 is 22.9 Å². The molecule has 1 saturated heterocycles. The van der Waals surface area contributed by atoms with Gasteiger partial charge in [0.2, 0.25) is 0 Å². The minimum absolute atomic E-state index is 0.216. The number of benzene rings is 1. The van der Waals surface area contributed by atoms with Gasteiger partial charge in [-0.3, -0.25) is 4.57 Å². The van der Waals surface area contributed by atoms with Gasteiger partial charge in [-0.05, 0) is 52.5 Å². The molecule has 5 rings (SSSR count). The number of esters is 1. The van der Waals surface area contributed by atoms with Crippen molar-refractivity contribution in [1.29, 1.82) is 0 Å². The highest BCUT2D eigenvalue weighted by atomic mass is 35.5. The number of fused-ring (bicyclic) bond motifs is 1. The number of rotatable bonds is 10. The van der Waals surface area contributed by atoms with E-state index in [1.54, 1.807) is 31.5 Å². The number of nitrogens with zero attached hydrogens (tertiary/aromatic N) is 3. The number of carbonyl (C=O) groups is 2. The first kappa shape index (κ1) is 34.6. The lowest BCUT2D eigenvalue weighted by Crippen LogP contribution is -2.42. The Bertz CT molecular complexity index is 1620. The Balaban J connectivity index is 1.28. The number of imidazole rings is 1. The van der Waals surface area contributed by atoms with Crippen LogP contribution in [0.4, 0.5) is 4.79 Å². The number of likely N-dealkylation sites (tertiary alicyclic amines) is 1. The van der Waals surface area contributed by atoms with E-state index in [9.17, 15) is 9.59 Å². The zero-order chi connectivity index (χ0) is 33.9. The number of hydrogen-bond donors (Lipinski definition) is 0. The third kappa shape index (κ3) is 7.88. The lowest BCUT2D eigenvalue weighted by Gasteiger charge is -2.33. The monoisotopic (exact) mass is 687 g/mol. The van der Waals surface area contributed by atoms with Crippen molar-refractivity contribution in [2.75, 3.05) is 41.0 Å². The van der Waals surface area contributed by atoms with E-state index in [4.69, 9.17) is 40.0 Å². The van der Waals surface area contributed by atoms with Gasteiger partial charge in [0.15, 0.2) is 4.88 Å². The number of aromatic nitrogens is 2. The molecule has 1 aliphatic heterocycles. The van der Waals surface area contributed by atoms with Gasteiger partial charge in [-0.1, -0.05) is 23.7 Å². The number of carbonyl (C=O) groups excluding carboxylic acids is 2. The Morgan fingerprint density at radius 2 is 1.87 bits per heavy atom. The van der Waals surface area contributed by atoms with Gasteiger partial charge in [-0.2, -0.15) is 0 Å². The van der Waals surface area contributed by atoms with E-state index in [2.05, 4.69) is 4.98 Å². The lowest BCUT2D eigenvalue weighted by molar-refractivity contribution is 0.0164. The quantitative estimate of drug-likeness (QED) is 0.206. The molecule has 11 nitrogen and oxygen atoms in total. The second-order valence-corrected chi connectivity index (χ2v) is 13.9. The van der Waals surface area contributed by atoms with Crippen LogP contribution in [0.2, 0.25) is 5.02 Å². The van der Waals surface area contributed by atoms with E-state index >= 15 is 0 Å². The molecular weight excluding hydrogens is 646 g/mol. The molecule has 0 bridgehead atoms. The summed E-state index contributed by atoms with van der Waals surface area (Å²) in [6.07, 6.45) is 4.78. The normalized spacial score (nSPS) is 17.4. The van der Waals surface area contributed by atoms with E-state index in [0.29, 0.717) is 58.8 Å². The van der Waals surface area contributed by atoms with E-state index in [0.717, 1.165) is 29.2 Å². The van der Waals surface area contributed by atoms with E-state index < -0.39 is 17.7 Å². The highest BCUT2D eigenvalue weighted by Gasteiger charge is 2.30. The number of ether oxygens (including phenoxy) is 6. The van der Waals surface area contributed by atoms with Gasteiger partial charge in [0.25, 0.3) is 0 Å². The summed E-state index contributed by atoms with van der Waals surface area (Å²) in [5.74, 6) is 1.38. The molecule has 0 saturated carbocycles. The average Bonchev–Trinajstić information content (AvgIpc) is 3.66. The highest BCUT2D eigenvalue weighted by Crippen LogP contribution is 2.40. The molecular formula is C34H42ClN3O8S. The molecule has 3 aromatic rings. The van der Waals surface area contributed by atoms with Crippen LogP contribution in [-0.2, 0) is 25.4 Å². The fourth-order valence-corrected chi connectivity index (χ4v) is 6.93. The van der Waals surface area contributed by atoms with Crippen LogP contribution in [0.15, 0.2) is 36.4 Å². The van der Waals surface area contributed by atoms with Crippen LogP contribution in [0.1, 0.15) is 73.3 Å². The fourth-order valence-electron chi connectivity index (χ4n) is 5.60. The molecule has 3 heterocycles. The molecule has 2 aliphatic rings. The van der Waals surface area contributed by atoms with Gasteiger partial charge < -0.3 is 33.3 Å². The van der Waals surface area contributed by atoms with Crippen LogP contribution in [0.5, 0.6) is 11.5 Å². The summed E-state index contributed by atoms with van der Waals surface area (Å²) in [5.41, 5.74) is 1.90. The molecule has 1 fully saturated rings. The maximum Gasteiger partial charge on any atom is 0.410 e. The summed E-state index contributed by atoms with van der Waals surface area (Å²) in [4.78, 5) is 31.9. The molecule has 47 heavy (non-hydrogen) atoms. The van der Waals surface area contributed by atoms with Crippen LogP contribution in [0, 0.1) is 5.92 Å². The third-order valence-corrected chi connectivity index (χ3v) is 9.65. The molecule has 2 unspecified atom stereocenters. The Labute approximate surface area is 284 Å². The molecule has 1 aromatic carbocycles. The number of hydrogen-bond acceptors (Lipinski definition) is 10. The molecule has 2 atom stereocenters.